The molecule has 0 fully saturated rings. The monoisotopic (exact) mass is 286 g/mol. The Morgan fingerprint density at radius 2 is 2.10 bits per heavy atom. The topological polar surface area (TPSA) is 68.2 Å². The molecule has 0 spiro atoms. The van der Waals surface area contributed by atoms with Crippen molar-refractivity contribution >= 4 is 5.69 Å². The highest BCUT2D eigenvalue weighted by molar-refractivity contribution is 5.51. The molecule has 0 radical (unpaired) electrons. The number of nitrogen functional groups attached to an aromatic ring is 1. The summed E-state index contributed by atoms with van der Waals surface area (Å²) in [4.78, 5) is 2.30. The molecule has 1 aliphatic heterocycles. The molecule has 112 valence electrons. The molecule has 2 aromatic rings. The number of benzene rings is 1. The van der Waals surface area contributed by atoms with Crippen LogP contribution in [-0.4, -0.2) is 21.6 Å². The molecule has 0 unspecified atom stereocenters. The van der Waals surface area contributed by atoms with E-state index in [1.807, 2.05) is 12.1 Å². The van der Waals surface area contributed by atoms with Crippen LogP contribution in [-0.2, 0) is 24.9 Å². The summed E-state index contributed by atoms with van der Waals surface area (Å²) in [6, 6.07) is 6.15. The van der Waals surface area contributed by atoms with Gasteiger partial charge in [0.1, 0.15) is 0 Å². The van der Waals surface area contributed by atoms with Crippen LogP contribution in [0.1, 0.15) is 43.7 Å². The third kappa shape index (κ3) is 2.93. The Morgan fingerprint density at radius 3 is 2.81 bits per heavy atom. The zero-order chi connectivity index (χ0) is 15.0. The van der Waals surface area contributed by atoms with Gasteiger partial charge in [0.2, 0.25) is 11.8 Å². The van der Waals surface area contributed by atoms with Gasteiger partial charge in [-0.15, -0.1) is 10.2 Å². The highest BCUT2D eigenvalue weighted by Gasteiger charge is 2.23. The Morgan fingerprint density at radius 1 is 1.29 bits per heavy atom. The van der Waals surface area contributed by atoms with Crippen LogP contribution in [0, 0.1) is 0 Å². The Balaban J connectivity index is 1.73. The third-order valence-electron chi connectivity index (χ3n) is 3.86. The average Bonchev–Trinajstić information content (AvgIpc) is 2.88. The number of fused-ring (bicyclic) bond motifs is 1. The van der Waals surface area contributed by atoms with Crippen molar-refractivity contribution in [2.24, 2.45) is 0 Å². The van der Waals surface area contributed by atoms with Crippen molar-refractivity contribution < 1.29 is 4.42 Å². The van der Waals surface area contributed by atoms with Crippen molar-refractivity contribution in [1.82, 2.24) is 15.1 Å². The smallest absolute Gasteiger partial charge is 0.230 e. The van der Waals surface area contributed by atoms with Gasteiger partial charge in [-0.2, -0.15) is 0 Å². The van der Waals surface area contributed by atoms with Gasteiger partial charge in [0.25, 0.3) is 0 Å². The number of nitrogens with zero attached hydrogens (tertiary/aromatic N) is 3. The van der Waals surface area contributed by atoms with Gasteiger partial charge in [0.15, 0.2) is 0 Å². The van der Waals surface area contributed by atoms with Crippen molar-refractivity contribution in [2.75, 3.05) is 12.3 Å². The summed E-state index contributed by atoms with van der Waals surface area (Å²) >= 11 is 0. The van der Waals surface area contributed by atoms with E-state index in [1.165, 1.54) is 11.1 Å². The average molecular weight is 286 g/mol. The predicted octanol–water partition coefficient (Wildman–Crippen LogP) is 2.51. The van der Waals surface area contributed by atoms with E-state index in [4.69, 9.17) is 10.2 Å². The molecule has 2 N–H and O–H groups in total. The second-order valence-corrected chi connectivity index (χ2v) is 6.70. The molecule has 0 saturated carbocycles. The molecule has 0 aliphatic carbocycles. The molecular formula is C16H22N4O. The first kappa shape index (κ1) is 14.1. The third-order valence-corrected chi connectivity index (χ3v) is 3.86. The fourth-order valence-electron chi connectivity index (χ4n) is 2.61. The summed E-state index contributed by atoms with van der Waals surface area (Å²) in [7, 11) is 0. The van der Waals surface area contributed by atoms with Crippen LogP contribution in [0.5, 0.6) is 0 Å². The molecule has 2 heterocycles. The van der Waals surface area contributed by atoms with Gasteiger partial charge in [-0.05, 0) is 23.6 Å². The Hall–Kier alpha value is -1.88. The molecule has 1 aliphatic rings. The van der Waals surface area contributed by atoms with Crippen molar-refractivity contribution in [1.29, 1.82) is 0 Å². The fraction of sp³-hybridized carbons (Fsp3) is 0.500. The summed E-state index contributed by atoms with van der Waals surface area (Å²) in [6.45, 7) is 8.72. The number of anilines is 1. The SMILES string of the molecule is CC(C)(C)c1nnc(CN2CCc3cccc(N)c3C2)o1. The van der Waals surface area contributed by atoms with E-state index in [9.17, 15) is 0 Å². The van der Waals surface area contributed by atoms with Crippen molar-refractivity contribution in [2.45, 2.75) is 45.7 Å². The number of aromatic nitrogens is 2. The number of hydrogen-bond donors (Lipinski definition) is 1. The summed E-state index contributed by atoms with van der Waals surface area (Å²) in [6.07, 6.45) is 1.01. The molecule has 0 amide bonds. The van der Waals surface area contributed by atoms with Crippen LogP contribution in [0.4, 0.5) is 5.69 Å². The molecule has 0 atom stereocenters. The van der Waals surface area contributed by atoms with E-state index in [-0.39, 0.29) is 5.41 Å². The lowest BCUT2D eigenvalue weighted by Gasteiger charge is -2.28. The zero-order valence-corrected chi connectivity index (χ0v) is 12.9. The van der Waals surface area contributed by atoms with Crippen LogP contribution < -0.4 is 5.73 Å². The maximum absolute atomic E-state index is 6.08. The lowest BCUT2D eigenvalue weighted by atomic mass is 9.97. The largest absolute Gasteiger partial charge is 0.423 e. The summed E-state index contributed by atoms with van der Waals surface area (Å²) in [5.74, 6) is 1.37. The molecule has 1 aromatic heterocycles. The molecule has 5 nitrogen and oxygen atoms in total. The minimum absolute atomic E-state index is 0.107. The minimum atomic E-state index is -0.107. The van der Waals surface area contributed by atoms with Crippen LogP contribution in [0.2, 0.25) is 0 Å². The number of nitrogens with two attached hydrogens (primary N) is 1. The van der Waals surface area contributed by atoms with Gasteiger partial charge < -0.3 is 10.2 Å². The molecule has 5 heteroatoms. The first-order valence-electron chi connectivity index (χ1n) is 7.35. The lowest BCUT2D eigenvalue weighted by molar-refractivity contribution is 0.216. The van der Waals surface area contributed by atoms with Gasteiger partial charge in [-0.1, -0.05) is 32.9 Å². The molecular weight excluding hydrogens is 264 g/mol. The fourth-order valence-corrected chi connectivity index (χ4v) is 2.61. The van der Waals surface area contributed by atoms with Gasteiger partial charge in [0.05, 0.1) is 6.54 Å². The Bertz CT molecular complexity index is 642. The van der Waals surface area contributed by atoms with E-state index in [2.05, 4.69) is 41.9 Å². The molecule has 0 saturated heterocycles. The summed E-state index contributed by atoms with van der Waals surface area (Å²) < 4.78 is 5.77. The van der Waals surface area contributed by atoms with Crippen molar-refractivity contribution in [3.63, 3.8) is 0 Å². The lowest BCUT2D eigenvalue weighted by Crippen LogP contribution is -2.30. The van der Waals surface area contributed by atoms with E-state index in [1.54, 1.807) is 0 Å². The maximum Gasteiger partial charge on any atom is 0.230 e. The Kier molecular flexibility index (Phi) is 3.45. The van der Waals surface area contributed by atoms with Gasteiger partial charge >= 0.3 is 0 Å². The molecule has 3 rings (SSSR count). The second-order valence-electron chi connectivity index (χ2n) is 6.70. The van der Waals surface area contributed by atoms with Gasteiger partial charge in [-0.25, -0.2) is 0 Å². The van der Waals surface area contributed by atoms with Crippen LogP contribution >= 0.6 is 0 Å². The van der Waals surface area contributed by atoms with E-state index < -0.39 is 0 Å². The van der Waals surface area contributed by atoms with Gasteiger partial charge in [-0.3, -0.25) is 4.90 Å². The summed E-state index contributed by atoms with van der Waals surface area (Å²) in [5, 5.41) is 8.31. The van der Waals surface area contributed by atoms with Gasteiger partial charge in [0, 0.05) is 24.2 Å². The first-order valence-corrected chi connectivity index (χ1v) is 7.35. The molecule has 21 heavy (non-hydrogen) atoms. The van der Waals surface area contributed by atoms with Crippen LogP contribution in [0.15, 0.2) is 22.6 Å². The standard InChI is InChI=1S/C16H22N4O/c1-16(2,3)15-19-18-14(21-15)10-20-8-7-11-5-4-6-13(17)12(11)9-20/h4-6H,7-10,17H2,1-3H3. The second kappa shape index (κ2) is 5.15. The number of hydrogen-bond acceptors (Lipinski definition) is 5. The minimum Gasteiger partial charge on any atom is -0.423 e. The normalized spacial score (nSPS) is 16.0. The zero-order valence-electron chi connectivity index (χ0n) is 12.9. The van der Waals surface area contributed by atoms with Crippen molar-refractivity contribution in [3.05, 3.63) is 41.1 Å². The van der Waals surface area contributed by atoms with E-state index in [0.717, 1.165) is 25.2 Å². The van der Waals surface area contributed by atoms with Crippen LogP contribution in [0.25, 0.3) is 0 Å². The summed E-state index contributed by atoms with van der Waals surface area (Å²) in [5.41, 5.74) is 9.44. The quantitative estimate of drug-likeness (QED) is 0.859. The molecule has 1 aromatic carbocycles. The Labute approximate surface area is 125 Å². The van der Waals surface area contributed by atoms with E-state index >= 15 is 0 Å². The highest BCUT2D eigenvalue weighted by Crippen LogP contribution is 2.26. The first-order chi connectivity index (χ1) is 9.93. The van der Waals surface area contributed by atoms with E-state index in [0.29, 0.717) is 18.3 Å². The number of rotatable bonds is 2. The predicted molar refractivity (Wildman–Crippen MR) is 81.7 cm³/mol. The van der Waals surface area contributed by atoms with Crippen LogP contribution in [0.3, 0.4) is 0 Å². The highest BCUT2D eigenvalue weighted by atomic mass is 16.4. The van der Waals surface area contributed by atoms with Crippen molar-refractivity contribution in [3.8, 4) is 0 Å². The maximum atomic E-state index is 6.08. The molecule has 0 bridgehead atoms.